The SMILES string of the molecule is CC1(C)CC1(N)c1ccc(C#N)s1. The quantitative estimate of drug-likeness (QED) is 0.741. The van der Waals surface area contributed by atoms with Gasteiger partial charge in [-0.1, -0.05) is 13.8 Å². The average molecular weight is 192 g/mol. The van der Waals surface area contributed by atoms with E-state index in [2.05, 4.69) is 19.9 Å². The summed E-state index contributed by atoms with van der Waals surface area (Å²) >= 11 is 1.52. The van der Waals surface area contributed by atoms with E-state index in [-0.39, 0.29) is 11.0 Å². The molecule has 1 atom stereocenters. The Morgan fingerprint density at radius 1 is 1.54 bits per heavy atom. The molecule has 0 spiro atoms. The number of rotatable bonds is 1. The van der Waals surface area contributed by atoms with E-state index in [4.69, 9.17) is 11.0 Å². The highest BCUT2D eigenvalue weighted by Gasteiger charge is 2.60. The molecule has 1 aromatic heterocycles. The third-order valence-electron chi connectivity index (χ3n) is 2.96. The number of nitriles is 1. The number of hydrogen-bond donors (Lipinski definition) is 1. The molecular formula is C10H12N2S. The van der Waals surface area contributed by atoms with Crippen molar-refractivity contribution < 1.29 is 0 Å². The molecule has 1 saturated carbocycles. The van der Waals surface area contributed by atoms with Gasteiger partial charge in [0.25, 0.3) is 0 Å². The molecule has 13 heavy (non-hydrogen) atoms. The molecule has 1 fully saturated rings. The lowest BCUT2D eigenvalue weighted by Gasteiger charge is -2.11. The molecule has 0 saturated heterocycles. The zero-order valence-corrected chi connectivity index (χ0v) is 8.61. The third-order valence-corrected chi connectivity index (χ3v) is 4.13. The third kappa shape index (κ3) is 1.10. The van der Waals surface area contributed by atoms with Gasteiger partial charge in [-0.25, -0.2) is 0 Å². The Bertz CT molecular complexity index is 386. The maximum absolute atomic E-state index is 8.69. The van der Waals surface area contributed by atoms with Crippen molar-refractivity contribution in [3.05, 3.63) is 21.9 Å². The van der Waals surface area contributed by atoms with Crippen molar-refractivity contribution in [3.63, 3.8) is 0 Å². The topological polar surface area (TPSA) is 49.8 Å². The first-order chi connectivity index (χ1) is 5.99. The second kappa shape index (κ2) is 2.34. The Balaban J connectivity index is 2.34. The highest BCUT2D eigenvalue weighted by molar-refractivity contribution is 7.12. The molecule has 3 heteroatoms. The maximum atomic E-state index is 8.69. The molecular weight excluding hydrogens is 180 g/mol. The predicted molar refractivity (Wildman–Crippen MR) is 53.3 cm³/mol. The Labute approximate surface area is 82.0 Å². The lowest BCUT2D eigenvalue weighted by atomic mass is 10.0. The van der Waals surface area contributed by atoms with Crippen LogP contribution in [0, 0.1) is 16.7 Å². The van der Waals surface area contributed by atoms with Gasteiger partial charge in [-0.05, 0) is 24.0 Å². The van der Waals surface area contributed by atoms with Crippen molar-refractivity contribution in [2.75, 3.05) is 0 Å². The summed E-state index contributed by atoms with van der Waals surface area (Å²) in [4.78, 5) is 1.90. The Morgan fingerprint density at radius 3 is 2.54 bits per heavy atom. The molecule has 1 aromatic rings. The van der Waals surface area contributed by atoms with Crippen molar-refractivity contribution in [2.45, 2.75) is 25.8 Å². The monoisotopic (exact) mass is 192 g/mol. The second-order valence-corrected chi connectivity index (χ2v) is 5.39. The van der Waals surface area contributed by atoms with Gasteiger partial charge in [-0.3, -0.25) is 0 Å². The number of thiophene rings is 1. The van der Waals surface area contributed by atoms with Crippen LogP contribution in [0.2, 0.25) is 0 Å². The van der Waals surface area contributed by atoms with Gasteiger partial charge in [-0.2, -0.15) is 5.26 Å². The number of nitrogens with two attached hydrogens (primary N) is 1. The highest BCUT2D eigenvalue weighted by atomic mass is 32.1. The molecule has 0 bridgehead atoms. The van der Waals surface area contributed by atoms with Crippen LogP contribution in [0.3, 0.4) is 0 Å². The smallest absolute Gasteiger partial charge is 0.110 e. The molecule has 1 aliphatic rings. The first kappa shape index (κ1) is 8.74. The molecule has 1 heterocycles. The van der Waals surface area contributed by atoms with E-state index in [1.54, 1.807) is 0 Å². The van der Waals surface area contributed by atoms with E-state index in [1.807, 2.05) is 12.1 Å². The van der Waals surface area contributed by atoms with Crippen LogP contribution < -0.4 is 5.73 Å². The summed E-state index contributed by atoms with van der Waals surface area (Å²) < 4.78 is 0. The van der Waals surface area contributed by atoms with Gasteiger partial charge in [0.05, 0.1) is 5.54 Å². The maximum Gasteiger partial charge on any atom is 0.110 e. The van der Waals surface area contributed by atoms with Crippen LogP contribution >= 0.6 is 11.3 Å². The first-order valence-electron chi connectivity index (χ1n) is 4.29. The van der Waals surface area contributed by atoms with Crippen LogP contribution in [0.5, 0.6) is 0 Å². The fraction of sp³-hybridized carbons (Fsp3) is 0.500. The fourth-order valence-corrected chi connectivity index (χ4v) is 2.80. The van der Waals surface area contributed by atoms with E-state index < -0.39 is 0 Å². The van der Waals surface area contributed by atoms with E-state index in [9.17, 15) is 0 Å². The summed E-state index contributed by atoms with van der Waals surface area (Å²) in [6.07, 6.45) is 1.02. The van der Waals surface area contributed by atoms with Crippen LogP contribution in [-0.4, -0.2) is 0 Å². The first-order valence-corrected chi connectivity index (χ1v) is 5.10. The lowest BCUT2D eigenvalue weighted by molar-refractivity contribution is 0.516. The van der Waals surface area contributed by atoms with Gasteiger partial charge in [0.15, 0.2) is 0 Å². The molecule has 0 aliphatic heterocycles. The minimum absolute atomic E-state index is 0.174. The predicted octanol–water partition coefficient (Wildman–Crippen LogP) is 2.20. The summed E-state index contributed by atoms with van der Waals surface area (Å²) in [5.41, 5.74) is 6.24. The van der Waals surface area contributed by atoms with Gasteiger partial charge < -0.3 is 5.73 Å². The molecule has 1 aliphatic carbocycles. The van der Waals surface area contributed by atoms with Crippen molar-refractivity contribution in [1.29, 1.82) is 5.26 Å². The van der Waals surface area contributed by atoms with E-state index >= 15 is 0 Å². The Hall–Kier alpha value is -0.850. The summed E-state index contributed by atoms with van der Waals surface area (Å²) in [6, 6.07) is 5.97. The van der Waals surface area contributed by atoms with Gasteiger partial charge in [0, 0.05) is 4.88 Å². The molecule has 2 rings (SSSR count). The highest BCUT2D eigenvalue weighted by Crippen LogP contribution is 2.61. The van der Waals surface area contributed by atoms with Crippen LogP contribution in [-0.2, 0) is 5.54 Å². The van der Waals surface area contributed by atoms with Gasteiger partial charge in [0.2, 0.25) is 0 Å². The Morgan fingerprint density at radius 2 is 2.15 bits per heavy atom. The van der Waals surface area contributed by atoms with Crippen LogP contribution in [0.1, 0.15) is 30.0 Å². The van der Waals surface area contributed by atoms with Crippen molar-refractivity contribution in [3.8, 4) is 6.07 Å². The summed E-state index contributed by atoms with van der Waals surface area (Å²) in [7, 11) is 0. The Kier molecular flexibility index (Phi) is 1.57. The molecule has 0 aromatic carbocycles. The summed E-state index contributed by atoms with van der Waals surface area (Å²) in [5.74, 6) is 0. The van der Waals surface area contributed by atoms with Crippen LogP contribution in [0.4, 0.5) is 0 Å². The van der Waals surface area contributed by atoms with Crippen molar-refractivity contribution >= 4 is 11.3 Å². The number of nitrogens with zero attached hydrogens (tertiary/aromatic N) is 1. The van der Waals surface area contributed by atoms with E-state index in [0.717, 1.165) is 16.2 Å². The molecule has 68 valence electrons. The summed E-state index contributed by atoms with van der Waals surface area (Å²) in [6.45, 7) is 4.33. The second-order valence-electron chi connectivity index (χ2n) is 4.31. The normalized spacial score (nSPS) is 29.7. The van der Waals surface area contributed by atoms with Gasteiger partial charge >= 0.3 is 0 Å². The van der Waals surface area contributed by atoms with Gasteiger partial charge in [-0.15, -0.1) is 11.3 Å². The molecule has 1 unspecified atom stereocenters. The molecule has 0 amide bonds. The minimum Gasteiger partial charge on any atom is -0.320 e. The number of hydrogen-bond acceptors (Lipinski definition) is 3. The molecule has 2 nitrogen and oxygen atoms in total. The van der Waals surface area contributed by atoms with E-state index in [1.165, 1.54) is 11.3 Å². The van der Waals surface area contributed by atoms with Crippen molar-refractivity contribution in [2.24, 2.45) is 11.1 Å². The average Bonchev–Trinajstić information content (AvgIpc) is 2.53. The fourth-order valence-electron chi connectivity index (χ4n) is 1.71. The zero-order chi connectivity index (χ0) is 9.69. The van der Waals surface area contributed by atoms with Crippen molar-refractivity contribution in [1.82, 2.24) is 0 Å². The van der Waals surface area contributed by atoms with Crippen LogP contribution in [0.25, 0.3) is 0 Å². The standard InChI is InChI=1S/C10H12N2S/c1-9(2)6-10(9,12)8-4-3-7(5-11)13-8/h3-4H,6,12H2,1-2H3. The summed E-state index contributed by atoms with van der Waals surface area (Å²) in [5, 5.41) is 8.69. The zero-order valence-electron chi connectivity index (χ0n) is 7.79. The van der Waals surface area contributed by atoms with Gasteiger partial charge in [0.1, 0.15) is 10.9 Å². The minimum atomic E-state index is -0.174. The lowest BCUT2D eigenvalue weighted by Crippen LogP contribution is -2.23. The molecule has 0 radical (unpaired) electrons. The molecule has 2 N–H and O–H groups in total. The van der Waals surface area contributed by atoms with Crippen LogP contribution in [0.15, 0.2) is 12.1 Å². The van der Waals surface area contributed by atoms with E-state index in [0.29, 0.717) is 0 Å². The largest absolute Gasteiger partial charge is 0.320 e.